The molecule has 0 aliphatic rings. The van der Waals surface area contributed by atoms with Gasteiger partial charge in [0.25, 0.3) is 0 Å². The lowest BCUT2D eigenvalue weighted by Gasteiger charge is -2.11. The molecule has 0 nitrogen and oxygen atoms in total. The van der Waals surface area contributed by atoms with Gasteiger partial charge in [0.15, 0.2) is 0 Å². The van der Waals surface area contributed by atoms with Crippen LogP contribution in [-0.4, -0.2) is 0 Å². The Balaban J connectivity index is 4.84. The lowest BCUT2D eigenvalue weighted by atomic mass is 9.95. The second-order valence-electron chi connectivity index (χ2n) is 4.07. The van der Waals surface area contributed by atoms with Crippen LogP contribution in [0.5, 0.6) is 0 Å². The minimum Gasteiger partial charge on any atom is -0.212 e. The average Bonchev–Trinajstić information content (AvgIpc) is 2.26. The minimum atomic E-state index is -0.0468. The van der Waals surface area contributed by atoms with Gasteiger partial charge in [-0.25, -0.2) is 4.39 Å². The SMILES string of the molecule is C=C/C(C)=C(\C=C(\F)CC)CC(C)CC. The predicted molar refractivity (Wildman–Crippen MR) is 66.5 cm³/mol. The molecule has 0 fully saturated rings. The zero-order chi connectivity index (χ0) is 11.8. The molecule has 0 aromatic heterocycles. The third kappa shape index (κ3) is 5.56. The van der Waals surface area contributed by atoms with E-state index >= 15 is 0 Å². The quantitative estimate of drug-likeness (QED) is 0.529. The molecule has 0 heterocycles. The monoisotopic (exact) mass is 210 g/mol. The van der Waals surface area contributed by atoms with Gasteiger partial charge in [0, 0.05) is 0 Å². The molecule has 0 saturated carbocycles. The van der Waals surface area contributed by atoms with Crippen LogP contribution in [0.25, 0.3) is 0 Å². The maximum atomic E-state index is 13.2. The van der Waals surface area contributed by atoms with Gasteiger partial charge in [-0.2, -0.15) is 0 Å². The van der Waals surface area contributed by atoms with Crippen LogP contribution in [0.15, 0.2) is 35.7 Å². The van der Waals surface area contributed by atoms with E-state index in [1.165, 1.54) is 0 Å². The van der Waals surface area contributed by atoms with Gasteiger partial charge in [0.2, 0.25) is 0 Å². The second kappa shape index (κ2) is 7.44. The van der Waals surface area contributed by atoms with Crippen molar-refractivity contribution < 1.29 is 4.39 Å². The second-order valence-corrected chi connectivity index (χ2v) is 4.07. The summed E-state index contributed by atoms with van der Waals surface area (Å²) in [6.07, 6.45) is 5.99. The molecule has 1 heteroatoms. The van der Waals surface area contributed by atoms with E-state index in [1.54, 1.807) is 12.2 Å². The molecule has 0 amide bonds. The highest BCUT2D eigenvalue weighted by atomic mass is 19.1. The molecule has 15 heavy (non-hydrogen) atoms. The number of rotatable bonds is 6. The molecule has 0 bridgehead atoms. The van der Waals surface area contributed by atoms with E-state index in [0.29, 0.717) is 12.3 Å². The molecular weight excluding hydrogens is 187 g/mol. The van der Waals surface area contributed by atoms with Crippen molar-refractivity contribution in [2.45, 2.75) is 47.0 Å². The first-order valence-corrected chi connectivity index (χ1v) is 5.73. The number of allylic oxidation sites excluding steroid dienone is 5. The Kier molecular flexibility index (Phi) is 7.02. The van der Waals surface area contributed by atoms with Crippen molar-refractivity contribution in [2.24, 2.45) is 5.92 Å². The van der Waals surface area contributed by atoms with Crippen molar-refractivity contribution in [1.29, 1.82) is 0 Å². The Labute approximate surface area is 93.6 Å². The molecule has 0 aliphatic carbocycles. The number of hydrogen-bond donors (Lipinski definition) is 0. The van der Waals surface area contributed by atoms with Crippen molar-refractivity contribution in [2.75, 3.05) is 0 Å². The van der Waals surface area contributed by atoms with E-state index in [9.17, 15) is 4.39 Å². The fraction of sp³-hybridized carbons (Fsp3) is 0.571. The smallest absolute Gasteiger partial charge is 0.0999 e. The predicted octanol–water partition coefficient (Wildman–Crippen LogP) is 5.19. The third-order valence-corrected chi connectivity index (χ3v) is 2.75. The van der Waals surface area contributed by atoms with E-state index in [4.69, 9.17) is 0 Å². The lowest BCUT2D eigenvalue weighted by molar-refractivity contribution is 0.555. The van der Waals surface area contributed by atoms with Crippen LogP contribution in [-0.2, 0) is 0 Å². The zero-order valence-corrected chi connectivity index (χ0v) is 10.4. The summed E-state index contributed by atoms with van der Waals surface area (Å²) in [7, 11) is 0. The number of hydrogen-bond acceptors (Lipinski definition) is 0. The summed E-state index contributed by atoms with van der Waals surface area (Å²) in [6.45, 7) is 11.9. The molecule has 86 valence electrons. The molecule has 0 spiro atoms. The van der Waals surface area contributed by atoms with Gasteiger partial charge < -0.3 is 0 Å². The van der Waals surface area contributed by atoms with E-state index in [2.05, 4.69) is 20.4 Å². The minimum absolute atomic E-state index is 0.0468. The molecule has 1 atom stereocenters. The van der Waals surface area contributed by atoms with Crippen LogP contribution in [0.2, 0.25) is 0 Å². The van der Waals surface area contributed by atoms with Gasteiger partial charge in [-0.3, -0.25) is 0 Å². The van der Waals surface area contributed by atoms with Gasteiger partial charge in [-0.05, 0) is 42.9 Å². The summed E-state index contributed by atoms with van der Waals surface area (Å²) in [5, 5.41) is 0. The van der Waals surface area contributed by atoms with Gasteiger partial charge in [-0.1, -0.05) is 39.8 Å². The van der Waals surface area contributed by atoms with Crippen molar-refractivity contribution in [1.82, 2.24) is 0 Å². The molecule has 0 saturated heterocycles. The van der Waals surface area contributed by atoms with Crippen LogP contribution in [0.4, 0.5) is 4.39 Å². The topological polar surface area (TPSA) is 0 Å². The maximum Gasteiger partial charge on any atom is 0.0999 e. The van der Waals surface area contributed by atoms with E-state index in [1.807, 2.05) is 13.8 Å². The van der Waals surface area contributed by atoms with Crippen LogP contribution in [0, 0.1) is 5.92 Å². The molecular formula is C14H23F. The molecule has 0 rings (SSSR count). The fourth-order valence-electron chi connectivity index (χ4n) is 1.28. The Hall–Kier alpha value is -0.850. The first-order valence-electron chi connectivity index (χ1n) is 5.73. The molecule has 0 N–H and O–H groups in total. The summed E-state index contributed by atoms with van der Waals surface area (Å²) < 4.78 is 13.2. The Bertz CT molecular complexity index is 259. The van der Waals surface area contributed by atoms with Gasteiger partial charge in [0.05, 0.1) is 5.83 Å². The fourth-order valence-corrected chi connectivity index (χ4v) is 1.28. The summed E-state index contributed by atoms with van der Waals surface area (Å²) in [5.74, 6) is 0.547. The molecule has 1 unspecified atom stereocenters. The maximum absolute atomic E-state index is 13.2. The molecule has 0 aliphatic heterocycles. The first kappa shape index (κ1) is 14.2. The Morgan fingerprint density at radius 1 is 1.40 bits per heavy atom. The zero-order valence-electron chi connectivity index (χ0n) is 10.4. The highest BCUT2D eigenvalue weighted by Crippen LogP contribution is 2.21. The largest absolute Gasteiger partial charge is 0.212 e. The first-order chi connectivity index (χ1) is 7.04. The highest BCUT2D eigenvalue weighted by Gasteiger charge is 2.05. The third-order valence-electron chi connectivity index (χ3n) is 2.75. The van der Waals surface area contributed by atoms with Crippen LogP contribution >= 0.6 is 0 Å². The summed E-state index contributed by atoms with van der Waals surface area (Å²) >= 11 is 0. The van der Waals surface area contributed by atoms with Crippen molar-refractivity contribution in [3.63, 3.8) is 0 Å². The normalized spacial score (nSPS) is 15.9. The molecule has 0 aromatic rings. The van der Waals surface area contributed by atoms with E-state index < -0.39 is 0 Å². The van der Waals surface area contributed by atoms with Crippen LogP contribution in [0.3, 0.4) is 0 Å². The number of halogens is 1. The lowest BCUT2D eigenvalue weighted by Crippen LogP contribution is -1.96. The average molecular weight is 210 g/mol. The Morgan fingerprint density at radius 2 is 2.00 bits per heavy atom. The summed E-state index contributed by atoms with van der Waals surface area (Å²) in [6, 6.07) is 0. The van der Waals surface area contributed by atoms with Crippen molar-refractivity contribution in [3.8, 4) is 0 Å². The van der Waals surface area contributed by atoms with Gasteiger partial charge in [-0.15, -0.1) is 0 Å². The molecule has 0 aromatic carbocycles. The van der Waals surface area contributed by atoms with Gasteiger partial charge >= 0.3 is 0 Å². The van der Waals surface area contributed by atoms with Crippen molar-refractivity contribution in [3.05, 3.63) is 35.7 Å². The van der Waals surface area contributed by atoms with Gasteiger partial charge in [0.1, 0.15) is 0 Å². The summed E-state index contributed by atoms with van der Waals surface area (Å²) in [4.78, 5) is 0. The molecule has 0 radical (unpaired) electrons. The van der Waals surface area contributed by atoms with E-state index in [-0.39, 0.29) is 5.83 Å². The van der Waals surface area contributed by atoms with Crippen LogP contribution in [0.1, 0.15) is 47.0 Å². The van der Waals surface area contributed by atoms with Crippen LogP contribution < -0.4 is 0 Å². The Morgan fingerprint density at radius 3 is 2.40 bits per heavy atom. The standard InChI is InChI=1S/C14H23F/c1-6-11(4)9-13(12(5)7-2)10-14(15)8-3/h7,10-11H,2,6,8-9H2,1,3-5H3/b13-12-,14-10+. The highest BCUT2D eigenvalue weighted by molar-refractivity contribution is 5.32. The summed E-state index contributed by atoms with van der Waals surface area (Å²) in [5.41, 5.74) is 2.16. The van der Waals surface area contributed by atoms with Crippen molar-refractivity contribution >= 4 is 0 Å². The van der Waals surface area contributed by atoms with E-state index in [0.717, 1.165) is 24.0 Å².